The summed E-state index contributed by atoms with van der Waals surface area (Å²) in [4.78, 5) is 12.0. The Morgan fingerprint density at radius 2 is 1.82 bits per heavy atom. The quantitative estimate of drug-likeness (QED) is 0.704. The second-order valence-electron chi connectivity index (χ2n) is 7.46. The third-order valence-corrected chi connectivity index (χ3v) is 4.24. The highest BCUT2D eigenvalue weighted by Crippen LogP contribution is 2.28. The number of hydrogen-bond donors (Lipinski definition) is 3. The number of aliphatic hydroxyl groups is 2. The third kappa shape index (κ3) is 6.97. The first kappa shape index (κ1) is 19.2. The zero-order valence-electron chi connectivity index (χ0n) is 14.5. The fourth-order valence-electron chi connectivity index (χ4n) is 3.03. The Morgan fingerprint density at radius 1 is 1.23 bits per heavy atom. The van der Waals surface area contributed by atoms with Gasteiger partial charge in [0.25, 0.3) is 0 Å². The summed E-state index contributed by atoms with van der Waals surface area (Å²) in [5.41, 5.74) is -0.576. The van der Waals surface area contributed by atoms with E-state index < -0.39 is 29.9 Å². The van der Waals surface area contributed by atoms with Gasteiger partial charge in [0.05, 0.1) is 12.1 Å². The van der Waals surface area contributed by atoms with Crippen molar-refractivity contribution in [1.29, 1.82) is 0 Å². The van der Waals surface area contributed by atoms with E-state index in [1.807, 2.05) is 6.92 Å². The summed E-state index contributed by atoms with van der Waals surface area (Å²) in [7, 11) is 0. The molecule has 0 aliphatic heterocycles. The number of hydrogen-bond acceptors (Lipinski definition) is 4. The van der Waals surface area contributed by atoms with Crippen LogP contribution in [0.3, 0.4) is 0 Å². The minimum Gasteiger partial charge on any atom is -0.444 e. The molecular weight excluding hydrogens is 282 g/mol. The second kappa shape index (κ2) is 8.73. The molecule has 0 heterocycles. The fourth-order valence-corrected chi connectivity index (χ4v) is 3.03. The summed E-state index contributed by atoms with van der Waals surface area (Å²) in [5, 5.41) is 23.0. The van der Waals surface area contributed by atoms with Gasteiger partial charge in [0.2, 0.25) is 0 Å². The molecule has 5 heteroatoms. The van der Waals surface area contributed by atoms with E-state index in [1.54, 1.807) is 20.8 Å². The topological polar surface area (TPSA) is 78.8 Å². The van der Waals surface area contributed by atoms with Crippen LogP contribution in [0.1, 0.15) is 72.6 Å². The number of carbonyl (C=O) groups is 1. The molecule has 5 nitrogen and oxygen atoms in total. The van der Waals surface area contributed by atoms with Gasteiger partial charge < -0.3 is 20.3 Å². The molecule has 22 heavy (non-hydrogen) atoms. The average Bonchev–Trinajstić information content (AvgIpc) is 2.44. The Hall–Kier alpha value is -0.810. The molecule has 1 amide bonds. The van der Waals surface area contributed by atoms with E-state index in [9.17, 15) is 15.0 Å². The minimum absolute atomic E-state index is 0.457. The van der Waals surface area contributed by atoms with Gasteiger partial charge in [-0.05, 0) is 39.5 Å². The van der Waals surface area contributed by atoms with Crippen LogP contribution in [-0.4, -0.2) is 40.2 Å². The van der Waals surface area contributed by atoms with E-state index >= 15 is 0 Å². The molecule has 0 unspecified atom stereocenters. The van der Waals surface area contributed by atoms with Gasteiger partial charge in [-0.1, -0.05) is 39.0 Å². The number of nitrogens with one attached hydrogen (secondary N) is 1. The molecular formula is C17H33NO4. The number of alkyl carbamates (subject to hydrolysis) is 1. The van der Waals surface area contributed by atoms with Gasteiger partial charge in [0.15, 0.2) is 0 Å². The number of carbonyl (C=O) groups excluding carboxylic acids is 1. The maximum Gasteiger partial charge on any atom is 0.407 e. The highest BCUT2D eigenvalue weighted by Gasteiger charge is 2.31. The van der Waals surface area contributed by atoms with Crippen LogP contribution in [0.15, 0.2) is 0 Å². The van der Waals surface area contributed by atoms with Crippen LogP contribution in [0.25, 0.3) is 0 Å². The van der Waals surface area contributed by atoms with Gasteiger partial charge in [0.1, 0.15) is 11.7 Å². The molecule has 1 fully saturated rings. The Morgan fingerprint density at radius 3 is 2.32 bits per heavy atom. The van der Waals surface area contributed by atoms with Crippen molar-refractivity contribution in [2.45, 2.75) is 96.5 Å². The van der Waals surface area contributed by atoms with E-state index in [0.29, 0.717) is 18.8 Å². The van der Waals surface area contributed by atoms with Crippen LogP contribution >= 0.6 is 0 Å². The third-order valence-electron chi connectivity index (χ3n) is 4.24. The molecule has 0 radical (unpaired) electrons. The Bertz CT molecular complexity index is 334. The molecule has 1 aliphatic carbocycles. The summed E-state index contributed by atoms with van der Waals surface area (Å²) in [6.07, 6.45) is 4.75. The van der Waals surface area contributed by atoms with Crippen molar-refractivity contribution in [3.05, 3.63) is 0 Å². The lowest BCUT2D eigenvalue weighted by atomic mass is 9.83. The second-order valence-corrected chi connectivity index (χ2v) is 7.46. The highest BCUT2D eigenvalue weighted by molar-refractivity contribution is 5.68. The maximum absolute atomic E-state index is 12.0. The molecule has 130 valence electrons. The lowest BCUT2D eigenvalue weighted by Crippen LogP contribution is -2.50. The maximum atomic E-state index is 12.0. The molecule has 0 saturated heterocycles. The molecule has 0 aromatic carbocycles. The van der Waals surface area contributed by atoms with Gasteiger partial charge in [0, 0.05) is 0 Å². The zero-order chi connectivity index (χ0) is 16.8. The minimum atomic E-state index is -0.959. The molecule has 0 aromatic rings. The molecule has 3 atom stereocenters. The standard InChI is InChI=1S/C17H33NO4/c1-5-14(19)15(20)13(11-12-9-7-6-8-10-12)18-16(21)22-17(2,3)4/h12-15,19-20H,5-11H2,1-4H3,(H,18,21)/t13-,14-,15+/m0/s1. The molecule has 0 spiro atoms. The largest absolute Gasteiger partial charge is 0.444 e. The summed E-state index contributed by atoms with van der Waals surface area (Å²) < 4.78 is 5.28. The van der Waals surface area contributed by atoms with E-state index in [1.165, 1.54) is 19.3 Å². The van der Waals surface area contributed by atoms with Crippen molar-refractivity contribution >= 4 is 6.09 Å². The molecule has 1 aliphatic rings. The monoisotopic (exact) mass is 315 g/mol. The van der Waals surface area contributed by atoms with Gasteiger partial charge in [-0.25, -0.2) is 4.79 Å². The van der Waals surface area contributed by atoms with E-state index in [4.69, 9.17) is 4.74 Å². The number of rotatable bonds is 6. The molecule has 1 saturated carbocycles. The molecule has 3 N–H and O–H groups in total. The SMILES string of the molecule is CC[C@H](O)[C@H](O)[C@H](CC1CCCCC1)NC(=O)OC(C)(C)C. The highest BCUT2D eigenvalue weighted by atomic mass is 16.6. The zero-order valence-corrected chi connectivity index (χ0v) is 14.5. The van der Waals surface area contributed by atoms with Gasteiger partial charge >= 0.3 is 6.09 Å². The normalized spacial score (nSPS) is 21.0. The Balaban J connectivity index is 2.66. The summed E-state index contributed by atoms with van der Waals surface area (Å²) in [6.45, 7) is 7.24. The van der Waals surface area contributed by atoms with Crippen LogP contribution in [0.5, 0.6) is 0 Å². The smallest absolute Gasteiger partial charge is 0.407 e. The first-order valence-electron chi connectivity index (χ1n) is 8.58. The Kier molecular flexibility index (Phi) is 7.63. The van der Waals surface area contributed by atoms with E-state index in [2.05, 4.69) is 5.32 Å². The first-order valence-corrected chi connectivity index (χ1v) is 8.58. The van der Waals surface area contributed by atoms with Gasteiger partial charge in [-0.15, -0.1) is 0 Å². The molecule has 0 bridgehead atoms. The molecule has 1 rings (SSSR count). The van der Waals surface area contributed by atoms with Crippen molar-refractivity contribution in [3.63, 3.8) is 0 Å². The Labute approximate surface area is 134 Å². The van der Waals surface area contributed by atoms with Crippen LogP contribution in [0.4, 0.5) is 4.79 Å². The van der Waals surface area contributed by atoms with Crippen molar-refractivity contribution in [2.75, 3.05) is 0 Å². The lowest BCUT2D eigenvalue weighted by Gasteiger charge is -2.32. The van der Waals surface area contributed by atoms with Crippen LogP contribution < -0.4 is 5.32 Å². The number of amides is 1. The van der Waals surface area contributed by atoms with E-state index in [0.717, 1.165) is 12.8 Å². The van der Waals surface area contributed by atoms with Crippen LogP contribution in [0, 0.1) is 5.92 Å². The van der Waals surface area contributed by atoms with E-state index in [-0.39, 0.29) is 0 Å². The van der Waals surface area contributed by atoms with Crippen LogP contribution in [0.2, 0.25) is 0 Å². The van der Waals surface area contributed by atoms with Crippen molar-refractivity contribution < 1.29 is 19.7 Å². The van der Waals surface area contributed by atoms with Crippen molar-refractivity contribution in [2.24, 2.45) is 5.92 Å². The first-order chi connectivity index (χ1) is 10.2. The van der Waals surface area contributed by atoms with Gasteiger partial charge in [-0.3, -0.25) is 0 Å². The number of aliphatic hydroxyl groups excluding tert-OH is 2. The number of ether oxygens (including phenoxy) is 1. The van der Waals surface area contributed by atoms with Gasteiger partial charge in [-0.2, -0.15) is 0 Å². The van der Waals surface area contributed by atoms with Crippen LogP contribution in [-0.2, 0) is 4.74 Å². The predicted octanol–water partition coefficient (Wildman–Crippen LogP) is 2.98. The predicted molar refractivity (Wildman–Crippen MR) is 86.7 cm³/mol. The summed E-state index contributed by atoms with van der Waals surface area (Å²) in [5.74, 6) is 0.493. The fraction of sp³-hybridized carbons (Fsp3) is 0.941. The average molecular weight is 315 g/mol. The van der Waals surface area contributed by atoms with Crippen molar-refractivity contribution in [3.8, 4) is 0 Å². The molecule has 0 aromatic heterocycles. The summed E-state index contributed by atoms with van der Waals surface area (Å²) >= 11 is 0. The van der Waals surface area contributed by atoms with Crippen molar-refractivity contribution in [1.82, 2.24) is 5.32 Å². The summed E-state index contributed by atoms with van der Waals surface area (Å²) in [6, 6.07) is -0.465. The lowest BCUT2D eigenvalue weighted by molar-refractivity contribution is -0.0162.